The van der Waals surface area contributed by atoms with Crippen LogP contribution in [0.4, 0.5) is 16.2 Å². The fourth-order valence-electron chi connectivity index (χ4n) is 4.42. The number of pyridine rings is 1. The van der Waals surface area contributed by atoms with Crippen LogP contribution in [-0.2, 0) is 16.1 Å². The normalized spacial score (nSPS) is 16.3. The van der Waals surface area contributed by atoms with Gasteiger partial charge in [-0.25, -0.2) is 14.6 Å². The van der Waals surface area contributed by atoms with E-state index in [1.807, 2.05) is 36.4 Å². The molecule has 0 radical (unpaired) electrons. The molecular weight excluding hydrogens is 466 g/mol. The summed E-state index contributed by atoms with van der Waals surface area (Å²) in [4.78, 5) is 48.4. The molecule has 5 rings (SSSR count). The zero-order valence-corrected chi connectivity index (χ0v) is 20.2. The second-order valence-electron chi connectivity index (χ2n) is 8.85. The van der Waals surface area contributed by atoms with Crippen molar-refractivity contribution < 1.29 is 28.7 Å². The van der Waals surface area contributed by atoms with E-state index in [0.29, 0.717) is 12.2 Å². The van der Waals surface area contributed by atoms with Crippen molar-refractivity contribution in [3.63, 3.8) is 0 Å². The topological polar surface area (TPSA) is 107 Å². The molecule has 11 nitrogen and oxygen atoms in total. The van der Waals surface area contributed by atoms with Gasteiger partial charge in [0.15, 0.2) is 11.3 Å². The second kappa shape index (κ2) is 9.86. The Morgan fingerprint density at radius 3 is 2.56 bits per heavy atom. The lowest BCUT2D eigenvalue weighted by atomic mass is 10.2. The predicted molar refractivity (Wildman–Crippen MR) is 131 cm³/mol. The monoisotopic (exact) mass is 494 g/mol. The first-order valence-electron chi connectivity index (χ1n) is 11.8. The number of amides is 1. The lowest BCUT2D eigenvalue weighted by Gasteiger charge is -2.32. The van der Waals surface area contributed by atoms with Crippen LogP contribution in [0.25, 0.3) is 5.65 Å². The van der Waals surface area contributed by atoms with E-state index in [0.717, 1.165) is 37.4 Å². The molecule has 2 saturated heterocycles. The molecule has 1 N–H and O–H groups in total. The summed E-state index contributed by atoms with van der Waals surface area (Å²) >= 11 is 0. The minimum absolute atomic E-state index is 0.0695. The van der Waals surface area contributed by atoms with Crippen molar-refractivity contribution >= 4 is 29.1 Å². The van der Waals surface area contributed by atoms with E-state index < -0.39 is 17.6 Å². The molecular formula is C25H28N5O6+. The first kappa shape index (κ1) is 23.6. The molecule has 2 fully saturated rings. The maximum atomic E-state index is 13.8. The number of cyclic esters (lactones) is 1. The van der Waals surface area contributed by atoms with Gasteiger partial charge < -0.3 is 24.0 Å². The zero-order chi connectivity index (χ0) is 25.2. The number of carbonyl (C=O) groups excluding carboxylic acids is 2. The highest BCUT2D eigenvalue weighted by Gasteiger charge is 2.30. The number of aromatic nitrogens is 2. The number of rotatable bonds is 6. The second-order valence-corrected chi connectivity index (χ2v) is 8.85. The van der Waals surface area contributed by atoms with Crippen molar-refractivity contribution in [1.29, 1.82) is 0 Å². The molecule has 0 saturated carbocycles. The summed E-state index contributed by atoms with van der Waals surface area (Å²) in [5.41, 5.74) is 1.32. The van der Waals surface area contributed by atoms with Gasteiger partial charge in [-0.05, 0) is 11.6 Å². The summed E-state index contributed by atoms with van der Waals surface area (Å²) < 4.78 is 17.2. The van der Waals surface area contributed by atoms with Gasteiger partial charge in [-0.1, -0.05) is 30.3 Å². The van der Waals surface area contributed by atoms with Crippen LogP contribution >= 0.6 is 0 Å². The summed E-state index contributed by atoms with van der Waals surface area (Å²) in [5, 5.41) is 0. The highest BCUT2D eigenvalue weighted by molar-refractivity contribution is 5.96. The average molecular weight is 495 g/mol. The predicted octanol–water partition coefficient (Wildman–Crippen LogP) is 0.351. The highest BCUT2D eigenvalue weighted by Crippen LogP contribution is 2.30. The molecule has 1 amide bonds. The number of methoxy groups -OCH3 is 1. The third-order valence-corrected chi connectivity index (χ3v) is 6.49. The number of hydrogen-bond donors (Lipinski definition) is 1. The average Bonchev–Trinajstić information content (AvgIpc) is 3.33. The lowest BCUT2D eigenvalue weighted by molar-refractivity contribution is -0.880. The molecule has 3 aromatic rings. The van der Waals surface area contributed by atoms with Crippen molar-refractivity contribution in [3.05, 3.63) is 64.2 Å². The van der Waals surface area contributed by atoms with Crippen LogP contribution in [0.5, 0.6) is 5.75 Å². The minimum atomic E-state index is -0.807. The Labute approximate surface area is 207 Å². The Morgan fingerprint density at radius 1 is 1.14 bits per heavy atom. The molecule has 0 unspecified atom stereocenters. The van der Waals surface area contributed by atoms with Crippen molar-refractivity contribution in [2.24, 2.45) is 0 Å². The van der Waals surface area contributed by atoms with Crippen molar-refractivity contribution in [1.82, 2.24) is 9.38 Å². The quantitative estimate of drug-likeness (QED) is 0.490. The summed E-state index contributed by atoms with van der Waals surface area (Å²) in [5.74, 6) is -1.02. The van der Waals surface area contributed by atoms with E-state index in [4.69, 9.17) is 14.2 Å². The zero-order valence-electron chi connectivity index (χ0n) is 20.2. The number of fused-ring (bicyclic) bond motifs is 1. The van der Waals surface area contributed by atoms with E-state index in [1.165, 1.54) is 21.3 Å². The van der Waals surface area contributed by atoms with Gasteiger partial charge in [-0.2, -0.15) is 0 Å². The van der Waals surface area contributed by atoms with Gasteiger partial charge in [0, 0.05) is 6.20 Å². The largest absolute Gasteiger partial charge is 0.481 e. The first-order chi connectivity index (χ1) is 17.5. The fraction of sp³-hybridized carbons (Fsp3) is 0.360. The maximum absolute atomic E-state index is 13.8. The van der Waals surface area contributed by atoms with E-state index >= 15 is 0 Å². The SMILES string of the molecule is COC(=O)c1nc2c(N3CCOC3=O)cc(N3CC[NH+](C)CC3)cn2c(=O)c1OCc1ccccc1. The fourth-order valence-corrected chi connectivity index (χ4v) is 4.42. The van der Waals surface area contributed by atoms with Gasteiger partial charge in [-0.15, -0.1) is 0 Å². The highest BCUT2D eigenvalue weighted by atomic mass is 16.6. The van der Waals surface area contributed by atoms with Crippen LogP contribution in [0.15, 0.2) is 47.4 Å². The van der Waals surface area contributed by atoms with Crippen LogP contribution in [0.2, 0.25) is 0 Å². The summed E-state index contributed by atoms with van der Waals surface area (Å²) in [6, 6.07) is 11.1. The van der Waals surface area contributed by atoms with Gasteiger partial charge >= 0.3 is 17.6 Å². The van der Waals surface area contributed by atoms with Gasteiger partial charge in [0.25, 0.3) is 0 Å². The molecule has 2 aliphatic heterocycles. The van der Waals surface area contributed by atoms with Crippen molar-refractivity contribution in [2.45, 2.75) is 6.61 Å². The molecule has 4 heterocycles. The molecule has 0 atom stereocenters. The number of nitrogens with zero attached hydrogens (tertiary/aromatic N) is 4. The van der Waals surface area contributed by atoms with Crippen LogP contribution in [0.3, 0.4) is 0 Å². The molecule has 2 aromatic heterocycles. The van der Waals surface area contributed by atoms with Gasteiger partial charge in [0.05, 0.1) is 58.3 Å². The molecule has 0 bridgehead atoms. The summed E-state index contributed by atoms with van der Waals surface area (Å²) in [6.45, 7) is 4.07. The Morgan fingerprint density at radius 2 is 1.89 bits per heavy atom. The Bertz CT molecular complexity index is 1350. The van der Waals surface area contributed by atoms with E-state index in [9.17, 15) is 14.4 Å². The standard InChI is InChI=1S/C25H27N5O6/c1-27-8-10-28(11-9-27)18-14-19(29-12-13-35-25(29)33)22-26-20(24(32)34-2)21(23(31)30(22)15-18)36-16-17-6-4-3-5-7-17/h3-7,14-15H,8-13,16H2,1-2H3/p+1. The smallest absolute Gasteiger partial charge is 0.414 e. The number of quaternary nitrogens is 1. The summed E-state index contributed by atoms with van der Waals surface area (Å²) in [7, 11) is 3.35. The number of anilines is 2. The van der Waals surface area contributed by atoms with E-state index in [2.05, 4.69) is 16.9 Å². The molecule has 0 spiro atoms. The number of nitrogens with one attached hydrogen (secondary N) is 1. The number of hydrogen-bond acceptors (Lipinski definition) is 8. The molecule has 0 aliphatic carbocycles. The third kappa shape index (κ3) is 4.44. The van der Waals surface area contributed by atoms with Crippen LogP contribution < -0.4 is 25.0 Å². The Balaban J connectivity index is 1.67. The Kier molecular flexibility index (Phi) is 6.47. The molecule has 11 heteroatoms. The van der Waals surface area contributed by atoms with Gasteiger partial charge in [0.2, 0.25) is 5.75 Å². The van der Waals surface area contributed by atoms with Crippen LogP contribution in [-0.4, -0.2) is 74.9 Å². The maximum Gasteiger partial charge on any atom is 0.414 e. The van der Waals surface area contributed by atoms with E-state index in [1.54, 1.807) is 6.20 Å². The molecule has 2 aliphatic rings. The number of benzene rings is 1. The number of ether oxygens (including phenoxy) is 3. The number of likely N-dealkylation sites (N-methyl/N-ethyl adjacent to an activating group) is 1. The third-order valence-electron chi connectivity index (χ3n) is 6.49. The molecule has 36 heavy (non-hydrogen) atoms. The number of piperazine rings is 1. The van der Waals surface area contributed by atoms with Crippen molar-refractivity contribution in [3.8, 4) is 5.75 Å². The number of esters is 1. The minimum Gasteiger partial charge on any atom is -0.481 e. The lowest BCUT2D eigenvalue weighted by Crippen LogP contribution is -3.12. The molecule has 188 valence electrons. The van der Waals surface area contributed by atoms with Gasteiger partial charge in [0.1, 0.15) is 13.2 Å². The van der Waals surface area contributed by atoms with Gasteiger partial charge in [-0.3, -0.25) is 14.1 Å². The van der Waals surface area contributed by atoms with E-state index in [-0.39, 0.29) is 30.3 Å². The summed E-state index contributed by atoms with van der Waals surface area (Å²) in [6.07, 6.45) is 1.15. The van der Waals surface area contributed by atoms with Crippen molar-refractivity contribution in [2.75, 3.05) is 63.3 Å². The number of carbonyl (C=O) groups is 2. The van der Waals surface area contributed by atoms with Crippen LogP contribution in [0.1, 0.15) is 16.1 Å². The first-order valence-corrected chi connectivity index (χ1v) is 11.8. The molecule has 1 aromatic carbocycles. The van der Waals surface area contributed by atoms with Crippen LogP contribution in [0, 0.1) is 0 Å². The Hall–Kier alpha value is -4.12.